The van der Waals surface area contributed by atoms with E-state index in [1.165, 1.54) is 77.4 Å². The summed E-state index contributed by atoms with van der Waals surface area (Å²) in [5.41, 5.74) is 0. The maximum absolute atomic E-state index is 12.3. The predicted octanol–water partition coefficient (Wildman–Crippen LogP) is 2.88. The summed E-state index contributed by atoms with van der Waals surface area (Å²) in [5.74, 6) is 0.846. The maximum atomic E-state index is 12.3. The highest BCUT2D eigenvalue weighted by Crippen LogP contribution is 2.17. The zero-order chi connectivity index (χ0) is 16.5. The molecule has 0 aromatic heterocycles. The first-order chi connectivity index (χ1) is 11.1. The Kier molecular flexibility index (Phi) is 8.38. The van der Waals surface area contributed by atoms with Gasteiger partial charge in [0.15, 0.2) is 0 Å². The number of carbonyl (C=O) groups excluding carboxylic acids is 1. The van der Waals surface area contributed by atoms with E-state index in [-0.39, 0.29) is 5.91 Å². The highest BCUT2D eigenvalue weighted by atomic mass is 16.2. The van der Waals surface area contributed by atoms with E-state index in [0.717, 1.165) is 6.54 Å². The Morgan fingerprint density at radius 2 is 1.70 bits per heavy atom. The van der Waals surface area contributed by atoms with Gasteiger partial charge in [0.25, 0.3) is 0 Å². The fourth-order valence-electron chi connectivity index (χ4n) is 4.18. The molecule has 2 aliphatic rings. The third-order valence-electron chi connectivity index (χ3n) is 5.28. The number of hydrogen-bond acceptors (Lipinski definition) is 3. The highest BCUT2D eigenvalue weighted by molar-refractivity contribution is 5.78. The molecule has 23 heavy (non-hydrogen) atoms. The first-order valence-corrected chi connectivity index (χ1v) is 9.84. The summed E-state index contributed by atoms with van der Waals surface area (Å²) in [5, 5.41) is 3.27. The van der Waals surface area contributed by atoms with Gasteiger partial charge < -0.3 is 10.2 Å². The molecular weight excluding hydrogens is 286 g/mol. The van der Waals surface area contributed by atoms with E-state index >= 15 is 0 Å². The number of carbonyl (C=O) groups is 1. The van der Waals surface area contributed by atoms with Gasteiger partial charge in [0.05, 0.1) is 6.54 Å². The third-order valence-corrected chi connectivity index (χ3v) is 5.28. The van der Waals surface area contributed by atoms with E-state index < -0.39 is 0 Å². The van der Waals surface area contributed by atoms with Crippen molar-refractivity contribution in [1.82, 2.24) is 15.1 Å². The van der Waals surface area contributed by atoms with Crippen molar-refractivity contribution in [3.8, 4) is 0 Å². The zero-order valence-electron chi connectivity index (χ0n) is 15.4. The smallest absolute Gasteiger partial charge is 0.234 e. The lowest BCUT2D eigenvalue weighted by Crippen LogP contribution is -2.43. The number of nitrogens with one attached hydrogen (secondary N) is 1. The molecule has 0 radical (unpaired) electrons. The summed E-state index contributed by atoms with van der Waals surface area (Å²) < 4.78 is 0. The Hall–Kier alpha value is -0.610. The van der Waals surface area contributed by atoms with Crippen LogP contribution in [0.2, 0.25) is 0 Å². The van der Waals surface area contributed by atoms with Gasteiger partial charge in [0.1, 0.15) is 0 Å². The predicted molar refractivity (Wildman–Crippen MR) is 96.6 cm³/mol. The molecule has 1 heterocycles. The Bertz CT molecular complexity index is 334. The lowest BCUT2D eigenvalue weighted by molar-refractivity contribution is -0.122. The highest BCUT2D eigenvalue weighted by Gasteiger charge is 2.18. The minimum Gasteiger partial charge on any atom is -0.352 e. The van der Waals surface area contributed by atoms with Crippen molar-refractivity contribution in [2.24, 2.45) is 5.92 Å². The number of rotatable bonds is 7. The van der Waals surface area contributed by atoms with Crippen LogP contribution in [0.25, 0.3) is 0 Å². The van der Waals surface area contributed by atoms with Crippen LogP contribution < -0.4 is 5.32 Å². The average Bonchev–Trinajstić information content (AvgIpc) is 2.93. The molecular formula is C19H37N3O. The monoisotopic (exact) mass is 323 g/mol. The van der Waals surface area contributed by atoms with E-state index in [1.54, 1.807) is 0 Å². The van der Waals surface area contributed by atoms with Crippen LogP contribution in [0.1, 0.15) is 64.7 Å². The molecule has 1 atom stereocenters. The van der Waals surface area contributed by atoms with E-state index in [2.05, 4.69) is 29.1 Å². The molecule has 1 saturated carbocycles. The van der Waals surface area contributed by atoms with Crippen molar-refractivity contribution in [3.05, 3.63) is 0 Å². The molecule has 1 aliphatic carbocycles. The van der Waals surface area contributed by atoms with E-state index in [1.807, 2.05) is 0 Å². The summed E-state index contributed by atoms with van der Waals surface area (Å²) in [6, 6.07) is 0.415. The second-order valence-electron chi connectivity index (χ2n) is 7.92. The molecule has 2 fully saturated rings. The van der Waals surface area contributed by atoms with Gasteiger partial charge >= 0.3 is 0 Å². The van der Waals surface area contributed by atoms with Crippen molar-refractivity contribution in [3.63, 3.8) is 0 Å². The van der Waals surface area contributed by atoms with Gasteiger partial charge in [-0.15, -0.1) is 0 Å². The number of hydrogen-bond donors (Lipinski definition) is 1. The first kappa shape index (κ1) is 18.7. The summed E-state index contributed by atoms with van der Waals surface area (Å²) in [6.07, 6.45) is 11.6. The summed E-state index contributed by atoms with van der Waals surface area (Å²) in [7, 11) is 2.08. The molecule has 2 rings (SSSR count). The van der Waals surface area contributed by atoms with Gasteiger partial charge in [-0.05, 0) is 51.7 Å². The van der Waals surface area contributed by atoms with E-state index in [9.17, 15) is 4.79 Å². The Labute approximate surface area is 143 Å². The normalized spacial score (nSPS) is 22.7. The molecule has 0 aromatic carbocycles. The lowest BCUT2D eigenvalue weighted by atomic mass is 9.97. The molecule has 1 N–H and O–H groups in total. The molecule has 1 saturated heterocycles. The van der Waals surface area contributed by atoms with Crippen molar-refractivity contribution in [2.75, 3.05) is 39.8 Å². The van der Waals surface area contributed by atoms with Crippen LogP contribution in [0.4, 0.5) is 0 Å². The molecule has 1 aliphatic heterocycles. The van der Waals surface area contributed by atoms with Gasteiger partial charge in [-0.3, -0.25) is 9.69 Å². The third kappa shape index (κ3) is 7.67. The van der Waals surface area contributed by atoms with Crippen LogP contribution in [0.5, 0.6) is 0 Å². The SMILES string of the molecule is CC(CN(C)CC(=O)NC1CCCCCCC1)CN1CCCC1. The molecule has 134 valence electrons. The topological polar surface area (TPSA) is 35.6 Å². The van der Waals surface area contributed by atoms with Gasteiger partial charge in [0.2, 0.25) is 5.91 Å². The fourth-order valence-corrected chi connectivity index (χ4v) is 4.18. The number of amides is 1. The Morgan fingerprint density at radius 3 is 2.35 bits per heavy atom. The Balaban J connectivity index is 1.62. The summed E-state index contributed by atoms with van der Waals surface area (Å²) in [4.78, 5) is 17.0. The summed E-state index contributed by atoms with van der Waals surface area (Å²) >= 11 is 0. The standard InChI is InChI=1S/C19H37N3O/c1-17(15-22-12-8-9-13-22)14-21(2)16-19(23)20-18-10-6-4-3-5-7-11-18/h17-18H,3-16H2,1-2H3,(H,20,23). The van der Waals surface area contributed by atoms with Crippen LogP contribution >= 0.6 is 0 Å². The second kappa shape index (κ2) is 10.3. The number of nitrogens with zero attached hydrogens (tertiary/aromatic N) is 2. The Morgan fingerprint density at radius 1 is 1.09 bits per heavy atom. The largest absolute Gasteiger partial charge is 0.352 e. The molecule has 1 amide bonds. The van der Waals surface area contributed by atoms with Crippen molar-refractivity contribution in [1.29, 1.82) is 0 Å². The second-order valence-corrected chi connectivity index (χ2v) is 7.92. The molecule has 1 unspecified atom stereocenters. The van der Waals surface area contributed by atoms with Gasteiger partial charge in [-0.1, -0.05) is 39.0 Å². The molecule has 0 aromatic rings. The van der Waals surface area contributed by atoms with Crippen molar-refractivity contribution >= 4 is 5.91 Å². The van der Waals surface area contributed by atoms with E-state index in [0.29, 0.717) is 18.5 Å². The van der Waals surface area contributed by atoms with Gasteiger partial charge in [-0.25, -0.2) is 0 Å². The van der Waals surface area contributed by atoms with Gasteiger partial charge in [0, 0.05) is 19.1 Å². The average molecular weight is 324 g/mol. The first-order valence-electron chi connectivity index (χ1n) is 9.84. The molecule has 4 nitrogen and oxygen atoms in total. The van der Waals surface area contributed by atoms with Crippen LogP contribution in [0.15, 0.2) is 0 Å². The van der Waals surface area contributed by atoms with Crippen LogP contribution in [0.3, 0.4) is 0 Å². The van der Waals surface area contributed by atoms with Crippen LogP contribution in [-0.2, 0) is 4.79 Å². The van der Waals surface area contributed by atoms with Crippen molar-refractivity contribution in [2.45, 2.75) is 70.8 Å². The quantitative estimate of drug-likeness (QED) is 0.782. The van der Waals surface area contributed by atoms with Crippen LogP contribution in [0, 0.1) is 5.92 Å². The van der Waals surface area contributed by atoms with Crippen molar-refractivity contribution < 1.29 is 4.79 Å². The molecule has 0 spiro atoms. The minimum atomic E-state index is 0.214. The minimum absolute atomic E-state index is 0.214. The summed E-state index contributed by atoms with van der Waals surface area (Å²) in [6.45, 7) is 7.55. The maximum Gasteiger partial charge on any atom is 0.234 e. The number of likely N-dealkylation sites (N-methyl/N-ethyl adjacent to an activating group) is 1. The van der Waals surface area contributed by atoms with Gasteiger partial charge in [-0.2, -0.15) is 0 Å². The molecule has 4 heteroatoms. The van der Waals surface area contributed by atoms with E-state index in [4.69, 9.17) is 0 Å². The molecule has 0 bridgehead atoms. The lowest BCUT2D eigenvalue weighted by Gasteiger charge is -2.26. The van der Waals surface area contributed by atoms with Crippen LogP contribution in [-0.4, -0.2) is 61.5 Å². The fraction of sp³-hybridized carbons (Fsp3) is 0.947. The zero-order valence-corrected chi connectivity index (χ0v) is 15.4. The number of likely N-dealkylation sites (tertiary alicyclic amines) is 1.